The molecule has 1 aliphatic carbocycles. The molecule has 8 heteroatoms. The largest absolute Gasteiger partial charge is 0.465 e. The van der Waals surface area contributed by atoms with Gasteiger partial charge < -0.3 is 10.0 Å². The minimum absolute atomic E-state index is 0.0185. The van der Waals surface area contributed by atoms with E-state index in [-0.39, 0.29) is 17.5 Å². The van der Waals surface area contributed by atoms with Crippen LogP contribution < -0.4 is 0 Å². The van der Waals surface area contributed by atoms with E-state index in [9.17, 15) is 9.90 Å². The highest BCUT2D eigenvalue weighted by Crippen LogP contribution is 2.48. The first kappa shape index (κ1) is 21.9. The minimum atomic E-state index is -0.753. The fourth-order valence-electron chi connectivity index (χ4n) is 6.24. The number of benzene rings is 1. The Bertz CT molecular complexity index is 1220. The van der Waals surface area contributed by atoms with E-state index in [1.807, 2.05) is 12.4 Å². The lowest BCUT2D eigenvalue weighted by molar-refractivity contribution is 0.0691. The van der Waals surface area contributed by atoms with Crippen LogP contribution in [-0.4, -0.2) is 67.2 Å². The van der Waals surface area contributed by atoms with Gasteiger partial charge >= 0.3 is 6.09 Å². The standard InChI is InChI=1S/C26H31N5O2S/c1-26(2,3)23-9-17-12-30(13-21(17)31(23)25(32)33)19-6-16(7-19)24-29-20-5-4-15(8-22(20)34-24)18-10-27-14-28-11-18/h4-5,8,10-11,14,16-17,19,21,23H,6-7,9,12-13H2,1-3H3,(H,32,33)/t16-,17?,19-,21?,23?. The molecule has 6 rings (SSSR count). The minimum Gasteiger partial charge on any atom is -0.465 e. The van der Waals surface area contributed by atoms with Gasteiger partial charge in [0, 0.05) is 49.0 Å². The molecule has 1 amide bonds. The Kier molecular flexibility index (Phi) is 5.15. The number of carbonyl (C=O) groups is 1. The summed E-state index contributed by atoms with van der Waals surface area (Å²) in [4.78, 5) is 29.6. The molecule has 178 valence electrons. The number of fused-ring (bicyclic) bond motifs is 2. The third kappa shape index (κ3) is 3.67. The molecule has 0 radical (unpaired) electrons. The van der Waals surface area contributed by atoms with Crippen LogP contribution in [0.5, 0.6) is 0 Å². The van der Waals surface area contributed by atoms with E-state index in [4.69, 9.17) is 4.98 Å². The van der Waals surface area contributed by atoms with Crippen LogP contribution in [0.1, 0.15) is 51.0 Å². The number of carboxylic acid groups (broad SMARTS) is 1. The van der Waals surface area contributed by atoms with E-state index < -0.39 is 6.09 Å². The molecule has 4 heterocycles. The second-order valence-electron chi connectivity index (χ2n) is 11.3. The smallest absolute Gasteiger partial charge is 0.407 e. The van der Waals surface area contributed by atoms with Crippen molar-refractivity contribution in [2.75, 3.05) is 13.1 Å². The molecular weight excluding hydrogens is 446 g/mol. The van der Waals surface area contributed by atoms with Gasteiger partial charge in [-0.25, -0.2) is 19.7 Å². The van der Waals surface area contributed by atoms with Crippen molar-refractivity contribution in [2.45, 2.75) is 64.1 Å². The van der Waals surface area contributed by atoms with Crippen LogP contribution in [0.25, 0.3) is 21.3 Å². The van der Waals surface area contributed by atoms with Gasteiger partial charge in [-0.15, -0.1) is 11.3 Å². The Morgan fingerprint density at radius 1 is 1.09 bits per heavy atom. The van der Waals surface area contributed by atoms with Crippen molar-refractivity contribution in [3.63, 3.8) is 0 Å². The van der Waals surface area contributed by atoms with E-state index >= 15 is 0 Å². The van der Waals surface area contributed by atoms with Crippen LogP contribution in [0.4, 0.5) is 4.79 Å². The highest BCUT2D eigenvalue weighted by atomic mass is 32.1. The highest BCUT2D eigenvalue weighted by molar-refractivity contribution is 7.18. The lowest BCUT2D eigenvalue weighted by atomic mass is 9.79. The van der Waals surface area contributed by atoms with Gasteiger partial charge in [-0.3, -0.25) is 4.90 Å². The maximum absolute atomic E-state index is 12.1. The number of likely N-dealkylation sites (tertiary alicyclic amines) is 2. The fourth-order valence-corrected chi connectivity index (χ4v) is 7.37. The van der Waals surface area contributed by atoms with Crippen LogP contribution in [0.2, 0.25) is 0 Å². The monoisotopic (exact) mass is 477 g/mol. The maximum Gasteiger partial charge on any atom is 0.407 e. The lowest BCUT2D eigenvalue weighted by Crippen LogP contribution is -2.50. The second-order valence-corrected chi connectivity index (χ2v) is 12.3. The third-order valence-electron chi connectivity index (χ3n) is 8.15. The summed E-state index contributed by atoms with van der Waals surface area (Å²) in [5.74, 6) is 0.964. The normalized spacial score (nSPS) is 29.4. The molecule has 0 spiro atoms. The van der Waals surface area contributed by atoms with E-state index in [0.29, 0.717) is 17.9 Å². The molecule has 3 aliphatic rings. The summed E-state index contributed by atoms with van der Waals surface area (Å²) < 4.78 is 1.21. The Morgan fingerprint density at radius 2 is 1.85 bits per heavy atom. The number of rotatable bonds is 3. The zero-order chi connectivity index (χ0) is 23.6. The van der Waals surface area contributed by atoms with Crippen LogP contribution in [-0.2, 0) is 0 Å². The van der Waals surface area contributed by atoms with Crippen molar-refractivity contribution in [1.29, 1.82) is 0 Å². The van der Waals surface area contributed by atoms with Gasteiger partial charge in [-0.2, -0.15) is 0 Å². The van der Waals surface area contributed by atoms with Crippen molar-refractivity contribution < 1.29 is 9.90 Å². The number of amides is 1. The average Bonchev–Trinajstić information content (AvgIpc) is 3.44. The zero-order valence-electron chi connectivity index (χ0n) is 19.9. The van der Waals surface area contributed by atoms with Gasteiger partial charge in [-0.1, -0.05) is 26.8 Å². The molecule has 2 saturated heterocycles. The van der Waals surface area contributed by atoms with Crippen molar-refractivity contribution in [3.8, 4) is 11.1 Å². The van der Waals surface area contributed by atoms with Gasteiger partial charge in [0.15, 0.2) is 0 Å². The highest BCUT2D eigenvalue weighted by Gasteiger charge is 2.53. The molecule has 3 atom stereocenters. The summed E-state index contributed by atoms with van der Waals surface area (Å²) in [5, 5.41) is 11.2. The van der Waals surface area contributed by atoms with Crippen molar-refractivity contribution in [2.24, 2.45) is 11.3 Å². The first-order valence-corrected chi connectivity index (χ1v) is 13.0. The first-order valence-electron chi connectivity index (χ1n) is 12.2. The summed E-state index contributed by atoms with van der Waals surface area (Å²) in [7, 11) is 0. The number of aromatic nitrogens is 3. The number of hydrogen-bond donors (Lipinski definition) is 1. The van der Waals surface area contributed by atoms with Crippen molar-refractivity contribution in [3.05, 3.63) is 41.9 Å². The zero-order valence-corrected chi connectivity index (χ0v) is 20.7. The van der Waals surface area contributed by atoms with Crippen LogP contribution in [0.15, 0.2) is 36.9 Å². The van der Waals surface area contributed by atoms with Crippen LogP contribution in [0.3, 0.4) is 0 Å². The lowest BCUT2D eigenvalue weighted by Gasteiger charge is -2.42. The van der Waals surface area contributed by atoms with E-state index in [1.165, 1.54) is 9.71 Å². The third-order valence-corrected chi connectivity index (χ3v) is 9.33. The molecule has 7 nitrogen and oxygen atoms in total. The molecule has 3 unspecified atom stereocenters. The molecule has 1 aromatic carbocycles. The Hall–Kier alpha value is -2.58. The summed E-state index contributed by atoms with van der Waals surface area (Å²) in [6.07, 6.45) is 7.70. The maximum atomic E-state index is 12.1. The molecule has 1 saturated carbocycles. The predicted octanol–water partition coefficient (Wildman–Crippen LogP) is 5.10. The van der Waals surface area contributed by atoms with E-state index in [1.54, 1.807) is 22.6 Å². The molecule has 34 heavy (non-hydrogen) atoms. The van der Waals surface area contributed by atoms with E-state index in [0.717, 1.165) is 49.0 Å². The van der Waals surface area contributed by atoms with Crippen molar-refractivity contribution in [1.82, 2.24) is 24.8 Å². The second kappa shape index (κ2) is 7.99. The number of hydrogen-bond acceptors (Lipinski definition) is 6. The van der Waals surface area contributed by atoms with E-state index in [2.05, 4.69) is 53.8 Å². The molecule has 3 aromatic rings. The molecule has 3 fully saturated rings. The Labute approximate surface area is 203 Å². The van der Waals surface area contributed by atoms with Crippen LogP contribution >= 0.6 is 11.3 Å². The van der Waals surface area contributed by atoms with Gasteiger partial charge in [-0.05, 0) is 48.3 Å². The predicted molar refractivity (Wildman–Crippen MR) is 133 cm³/mol. The number of thiazole rings is 1. The Morgan fingerprint density at radius 3 is 2.56 bits per heavy atom. The fraction of sp³-hybridized carbons (Fsp3) is 0.538. The summed E-state index contributed by atoms with van der Waals surface area (Å²) in [5.41, 5.74) is 3.18. The molecule has 1 N–H and O–H groups in total. The topological polar surface area (TPSA) is 82.5 Å². The van der Waals surface area contributed by atoms with Gasteiger partial charge in [0.05, 0.1) is 21.3 Å². The number of nitrogens with zero attached hydrogens (tertiary/aromatic N) is 5. The van der Waals surface area contributed by atoms with Gasteiger partial charge in [0.1, 0.15) is 6.33 Å². The molecule has 2 aromatic heterocycles. The van der Waals surface area contributed by atoms with Crippen molar-refractivity contribution >= 4 is 27.6 Å². The van der Waals surface area contributed by atoms with Crippen LogP contribution in [0, 0.1) is 11.3 Å². The molecule has 0 bridgehead atoms. The quantitative estimate of drug-likeness (QED) is 0.565. The summed E-state index contributed by atoms with van der Waals surface area (Å²) >= 11 is 1.80. The SMILES string of the molecule is CC(C)(C)C1CC2CN([C@H]3C[C@H](c4nc5ccc(-c6cncnc6)cc5s4)C3)CC2N1C(=O)O. The molecular formula is C26H31N5O2S. The molecule has 2 aliphatic heterocycles. The summed E-state index contributed by atoms with van der Waals surface area (Å²) in [6, 6.07) is 7.19. The average molecular weight is 478 g/mol. The first-order chi connectivity index (χ1) is 16.3. The van der Waals surface area contributed by atoms with Gasteiger partial charge in [0.2, 0.25) is 0 Å². The van der Waals surface area contributed by atoms with Gasteiger partial charge in [0.25, 0.3) is 0 Å². The Balaban J connectivity index is 1.12. The summed E-state index contributed by atoms with van der Waals surface area (Å²) in [6.45, 7) is 8.40.